The van der Waals surface area contributed by atoms with Gasteiger partial charge in [-0.05, 0) is 48.9 Å². The van der Waals surface area contributed by atoms with Crippen LogP contribution in [-0.2, 0) is 11.2 Å². The van der Waals surface area contributed by atoms with Crippen LogP contribution in [0.5, 0.6) is 0 Å². The number of hydrogen-bond donors (Lipinski definition) is 1. The van der Waals surface area contributed by atoms with E-state index in [-0.39, 0.29) is 17.9 Å². The zero-order chi connectivity index (χ0) is 18.2. The molecule has 4 nitrogen and oxygen atoms in total. The van der Waals surface area contributed by atoms with Gasteiger partial charge >= 0.3 is 0 Å². The molecule has 2 atom stereocenters. The van der Waals surface area contributed by atoms with Crippen LogP contribution in [0.2, 0.25) is 0 Å². The van der Waals surface area contributed by atoms with E-state index in [0.717, 1.165) is 32.6 Å². The molecule has 0 radical (unpaired) electrons. The van der Waals surface area contributed by atoms with Crippen molar-refractivity contribution in [2.45, 2.75) is 25.3 Å². The van der Waals surface area contributed by atoms with Crippen molar-refractivity contribution >= 4 is 17.3 Å². The van der Waals surface area contributed by atoms with Gasteiger partial charge in [0, 0.05) is 37.6 Å². The fraction of sp³-hybridized carbons (Fsp3) is 0.435. The number of nitrogens with one attached hydrogen (secondary N) is 1. The lowest BCUT2D eigenvalue weighted by molar-refractivity contribution is -0.125. The monoisotopic (exact) mass is 361 g/mol. The van der Waals surface area contributed by atoms with Crippen molar-refractivity contribution in [3.8, 4) is 0 Å². The SMILES string of the molecule is O=C(NCC1CC1)[C@H]1Cc2ccccc2N2CCN(c3ccccc3)C[C@@H]12. The van der Waals surface area contributed by atoms with Gasteiger partial charge in [0.2, 0.25) is 5.91 Å². The maximum atomic E-state index is 13.1. The number of piperazine rings is 1. The van der Waals surface area contributed by atoms with Crippen LogP contribution in [0, 0.1) is 11.8 Å². The van der Waals surface area contributed by atoms with Crippen molar-refractivity contribution in [2.75, 3.05) is 36.0 Å². The quantitative estimate of drug-likeness (QED) is 0.909. The number of nitrogens with zero attached hydrogens (tertiary/aromatic N) is 2. The van der Waals surface area contributed by atoms with Gasteiger partial charge in [-0.3, -0.25) is 4.79 Å². The smallest absolute Gasteiger partial charge is 0.225 e. The van der Waals surface area contributed by atoms with Gasteiger partial charge in [0.05, 0.1) is 12.0 Å². The van der Waals surface area contributed by atoms with Crippen LogP contribution in [0.3, 0.4) is 0 Å². The Morgan fingerprint density at radius 2 is 1.78 bits per heavy atom. The first-order valence-electron chi connectivity index (χ1n) is 10.2. The second-order valence-corrected chi connectivity index (χ2v) is 8.17. The maximum absolute atomic E-state index is 13.1. The molecule has 1 amide bonds. The van der Waals surface area contributed by atoms with Crippen LogP contribution in [0.15, 0.2) is 54.6 Å². The standard InChI is InChI=1S/C23H27N3O/c27-23(24-15-17-10-11-17)20-14-18-6-4-5-9-21(18)26-13-12-25(16-22(20)26)19-7-2-1-3-8-19/h1-9,17,20,22H,10-16H2,(H,24,27)/t20-,22-/m0/s1. The summed E-state index contributed by atoms with van der Waals surface area (Å²) in [6.45, 7) is 3.71. The lowest BCUT2D eigenvalue weighted by atomic mass is 9.83. The van der Waals surface area contributed by atoms with E-state index < -0.39 is 0 Å². The van der Waals surface area contributed by atoms with Gasteiger partial charge in [0.1, 0.15) is 0 Å². The van der Waals surface area contributed by atoms with E-state index in [1.807, 2.05) is 0 Å². The zero-order valence-corrected chi connectivity index (χ0v) is 15.7. The van der Waals surface area contributed by atoms with E-state index >= 15 is 0 Å². The van der Waals surface area contributed by atoms with Crippen LogP contribution in [0.4, 0.5) is 11.4 Å². The molecule has 0 aromatic heterocycles. The average Bonchev–Trinajstić information content (AvgIpc) is 3.56. The summed E-state index contributed by atoms with van der Waals surface area (Å²) in [5.74, 6) is 0.972. The number of para-hydroxylation sites is 2. The largest absolute Gasteiger partial charge is 0.368 e. The minimum atomic E-state index is 0.0187. The Labute approximate surface area is 161 Å². The molecule has 2 aromatic carbocycles. The van der Waals surface area contributed by atoms with Gasteiger partial charge in [-0.15, -0.1) is 0 Å². The Morgan fingerprint density at radius 1 is 1.00 bits per heavy atom. The van der Waals surface area contributed by atoms with E-state index in [2.05, 4.69) is 69.7 Å². The summed E-state index contributed by atoms with van der Waals surface area (Å²) in [4.78, 5) is 18.0. The highest BCUT2D eigenvalue weighted by Crippen LogP contribution is 2.37. The minimum absolute atomic E-state index is 0.0187. The summed E-state index contributed by atoms with van der Waals surface area (Å²) in [5, 5.41) is 3.25. The van der Waals surface area contributed by atoms with Crippen molar-refractivity contribution in [1.29, 1.82) is 0 Å². The third-order valence-electron chi connectivity index (χ3n) is 6.34. The molecule has 2 fully saturated rings. The molecule has 5 rings (SSSR count). The van der Waals surface area contributed by atoms with E-state index in [1.54, 1.807) is 0 Å². The molecule has 140 valence electrons. The van der Waals surface area contributed by atoms with Crippen LogP contribution in [-0.4, -0.2) is 38.1 Å². The van der Waals surface area contributed by atoms with Crippen molar-refractivity contribution in [1.82, 2.24) is 5.32 Å². The third kappa shape index (κ3) is 3.29. The summed E-state index contributed by atoms with van der Waals surface area (Å²) in [6.07, 6.45) is 3.38. The average molecular weight is 361 g/mol. The second-order valence-electron chi connectivity index (χ2n) is 8.17. The Bertz CT molecular complexity index is 817. The van der Waals surface area contributed by atoms with Gasteiger partial charge in [0.15, 0.2) is 0 Å². The van der Waals surface area contributed by atoms with Crippen LogP contribution in [0.1, 0.15) is 18.4 Å². The van der Waals surface area contributed by atoms with E-state index in [4.69, 9.17) is 0 Å². The summed E-state index contributed by atoms with van der Waals surface area (Å²) >= 11 is 0. The molecule has 3 aliphatic rings. The lowest BCUT2D eigenvalue weighted by Crippen LogP contribution is -2.61. The molecule has 1 N–H and O–H groups in total. The number of hydrogen-bond acceptors (Lipinski definition) is 3. The summed E-state index contributed by atoms with van der Waals surface area (Å²) in [7, 11) is 0. The normalized spacial score (nSPS) is 24.1. The Hall–Kier alpha value is -2.49. The molecule has 1 aliphatic carbocycles. The van der Waals surface area contributed by atoms with Gasteiger partial charge in [0.25, 0.3) is 0 Å². The number of carbonyl (C=O) groups is 1. The molecule has 0 unspecified atom stereocenters. The van der Waals surface area contributed by atoms with E-state index in [0.29, 0.717) is 5.92 Å². The highest BCUT2D eigenvalue weighted by molar-refractivity contribution is 5.82. The van der Waals surface area contributed by atoms with Crippen LogP contribution < -0.4 is 15.1 Å². The lowest BCUT2D eigenvalue weighted by Gasteiger charge is -2.49. The molecule has 0 bridgehead atoms. The number of anilines is 2. The molecule has 2 heterocycles. The fourth-order valence-electron chi connectivity index (χ4n) is 4.63. The Kier molecular flexibility index (Phi) is 4.27. The first-order valence-corrected chi connectivity index (χ1v) is 10.2. The maximum Gasteiger partial charge on any atom is 0.225 e. The number of benzene rings is 2. The number of rotatable bonds is 4. The fourth-order valence-corrected chi connectivity index (χ4v) is 4.63. The van der Waals surface area contributed by atoms with E-state index in [1.165, 1.54) is 29.8 Å². The topological polar surface area (TPSA) is 35.6 Å². The molecule has 0 spiro atoms. The highest BCUT2D eigenvalue weighted by atomic mass is 16.1. The highest BCUT2D eigenvalue weighted by Gasteiger charge is 2.41. The van der Waals surface area contributed by atoms with Crippen molar-refractivity contribution in [2.24, 2.45) is 11.8 Å². The van der Waals surface area contributed by atoms with Crippen molar-refractivity contribution in [3.63, 3.8) is 0 Å². The second kappa shape index (κ2) is 6.91. The van der Waals surface area contributed by atoms with Gasteiger partial charge < -0.3 is 15.1 Å². The number of carbonyl (C=O) groups excluding carboxylic acids is 1. The molecule has 27 heavy (non-hydrogen) atoms. The first kappa shape index (κ1) is 16.7. The van der Waals surface area contributed by atoms with Crippen LogP contribution in [0.25, 0.3) is 0 Å². The molecule has 4 heteroatoms. The molecular formula is C23H27N3O. The Morgan fingerprint density at radius 3 is 2.59 bits per heavy atom. The first-order chi connectivity index (χ1) is 13.3. The summed E-state index contributed by atoms with van der Waals surface area (Å²) in [5.41, 5.74) is 3.89. The summed E-state index contributed by atoms with van der Waals surface area (Å²) in [6, 6.07) is 19.5. The van der Waals surface area contributed by atoms with E-state index in [9.17, 15) is 4.79 Å². The predicted molar refractivity (Wildman–Crippen MR) is 109 cm³/mol. The molecule has 1 saturated carbocycles. The predicted octanol–water partition coefficient (Wildman–Crippen LogP) is 3.08. The zero-order valence-electron chi connectivity index (χ0n) is 15.7. The van der Waals surface area contributed by atoms with Gasteiger partial charge in [-0.1, -0.05) is 36.4 Å². The molecule has 2 aromatic rings. The molecule has 1 saturated heterocycles. The van der Waals surface area contributed by atoms with Crippen LogP contribution >= 0.6 is 0 Å². The molecule has 2 aliphatic heterocycles. The van der Waals surface area contributed by atoms with Crippen molar-refractivity contribution in [3.05, 3.63) is 60.2 Å². The van der Waals surface area contributed by atoms with Gasteiger partial charge in [-0.25, -0.2) is 0 Å². The Balaban J connectivity index is 1.42. The minimum Gasteiger partial charge on any atom is -0.368 e. The van der Waals surface area contributed by atoms with Gasteiger partial charge in [-0.2, -0.15) is 0 Å². The number of fused-ring (bicyclic) bond motifs is 3. The third-order valence-corrected chi connectivity index (χ3v) is 6.34. The number of amides is 1. The molecular weight excluding hydrogens is 334 g/mol. The van der Waals surface area contributed by atoms with Crippen molar-refractivity contribution < 1.29 is 4.79 Å². The summed E-state index contributed by atoms with van der Waals surface area (Å²) < 4.78 is 0.